The van der Waals surface area contributed by atoms with Crippen molar-refractivity contribution in [2.45, 2.75) is 19.4 Å². The summed E-state index contributed by atoms with van der Waals surface area (Å²) in [4.78, 5) is 24.7. The lowest BCUT2D eigenvalue weighted by Gasteiger charge is -2.14. The fraction of sp³-hybridized carbons (Fsp3) is 0.308. The molecule has 2 amide bonds. The molecule has 0 aliphatic carbocycles. The number of fused-ring (bicyclic) bond motifs is 1. The number of carbonyl (C=O) groups excluding carboxylic acids is 2. The van der Waals surface area contributed by atoms with E-state index in [9.17, 15) is 9.59 Å². The second-order valence-corrected chi connectivity index (χ2v) is 4.77. The molecule has 4 N–H and O–H groups in total. The highest BCUT2D eigenvalue weighted by molar-refractivity contribution is 6.21. The first-order valence-corrected chi connectivity index (χ1v) is 6.13. The van der Waals surface area contributed by atoms with E-state index in [1.807, 2.05) is 6.92 Å². The lowest BCUT2D eigenvalue weighted by molar-refractivity contribution is 0.0693. The molecule has 0 radical (unpaired) electrons. The third kappa shape index (κ3) is 2.42. The number of nitrogens with one attached hydrogen (secondary N) is 1. The topological polar surface area (TPSA) is 108 Å². The molecule has 1 aromatic rings. The molecule has 0 spiro atoms. The minimum Gasteiger partial charge on any atom is -0.409 e. The molecule has 7 heteroatoms. The van der Waals surface area contributed by atoms with Crippen LogP contribution in [0.2, 0.25) is 0 Å². The lowest BCUT2D eigenvalue weighted by atomic mass is 10.1. The van der Waals surface area contributed by atoms with Crippen LogP contribution in [0.25, 0.3) is 0 Å². The van der Waals surface area contributed by atoms with Crippen LogP contribution in [-0.4, -0.2) is 40.8 Å². The second kappa shape index (κ2) is 5.20. The number of carbonyl (C=O) groups is 2. The summed E-state index contributed by atoms with van der Waals surface area (Å²) in [5, 5.41) is 14.6. The van der Waals surface area contributed by atoms with Gasteiger partial charge in [0.25, 0.3) is 11.8 Å². The van der Waals surface area contributed by atoms with E-state index in [0.717, 1.165) is 4.90 Å². The van der Waals surface area contributed by atoms with Gasteiger partial charge in [-0.15, -0.1) is 0 Å². The van der Waals surface area contributed by atoms with Crippen LogP contribution in [0.4, 0.5) is 5.69 Å². The van der Waals surface area contributed by atoms with Gasteiger partial charge in [0, 0.05) is 25.2 Å². The van der Waals surface area contributed by atoms with Crippen molar-refractivity contribution in [1.29, 1.82) is 0 Å². The zero-order chi connectivity index (χ0) is 14.9. The monoisotopic (exact) mass is 276 g/mol. The van der Waals surface area contributed by atoms with Gasteiger partial charge in [-0.2, -0.15) is 0 Å². The van der Waals surface area contributed by atoms with E-state index >= 15 is 0 Å². The molecule has 2 rings (SSSR count). The lowest BCUT2D eigenvalue weighted by Crippen LogP contribution is -2.24. The Morgan fingerprint density at radius 2 is 2.05 bits per heavy atom. The van der Waals surface area contributed by atoms with Gasteiger partial charge in [0.1, 0.15) is 5.84 Å². The zero-order valence-corrected chi connectivity index (χ0v) is 11.3. The summed E-state index contributed by atoms with van der Waals surface area (Å²) in [6.07, 6.45) is 0.361. The van der Waals surface area contributed by atoms with Crippen molar-refractivity contribution in [2.75, 3.05) is 12.4 Å². The Bertz CT molecular complexity index is 597. The molecule has 0 saturated heterocycles. The van der Waals surface area contributed by atoms with Crippen LogP contribution >= 0.6 is 0 Å². The van der Waals surface area contributed by atoms with Gasteiger partial charge in [-0.1, -0.05) is 5.16 Å². The summed E-state index contributed by atoms with van der Waals surface area (Å²) in [7, 11) is 1.46. The van der Waals surface area contributed by atoms with E-state index in [4.69, 9.17) is 10.9 Å². The Morgan fingerprint density at radius 1 is 1.40 bits per heavy atom. The van der Waals surface area contributed by atoms with Gasteiger partial charge in [0.05, 0.1) is 11.1 Å². The molecule has 1 unspecified atom stereocenters. The van der Waals surface area contributed by atoms with Crippen molar-refractivity contribution in [2.24, 2.45) is 10.9 Å². The van der Waals surface area contributed by atoms with Gasteiger partial charge in [-0.25, -0.2) is 0 Å². The van der Waals surface area contributed by atoms with Crippen LogP contribution in [0, 0.1) is 0 Å². The van der Waals surface area contributed by atoms with Crippen LogP contribution in [0.1, 0.15) is 34.1 Å². The Labute approximate surface area is 116 Å². The average Bonchev–Trinajstić information content (AvgIpc) is 2.63. The van der Waals surface area contributed by atoms with Crippen molar-refractivity contribution in [3.63, 3.8) is 0 Å². The Hall–Kier alpha value is -2.57. The van der Waals surface area contributed by atoms with E-state index in [-0.39, 0.29) is 23.7 Å². The first-order valence-electron chi connectivity index (χ1n) is 6.13. The summed E-state index contributed by atoms with van der Waals surface area (Å²) in [6.45, 7) is 1.87. The summed E-state index contributed by atoms with van der Waals surface area (Å²) in [5.41, 5.74) is 6.93. The maximum absolute atomic E-state index is 11.9. The van der Waals surface area contributed by atoms with Gasteiger partial charge in [-0.3, -0.25) is 14.5 Å². The number of hydrogen-bond acceptors (Lipinski definition) is 5. The maximum Gasteiger partial charge on any atom is 0.261 e. The predicted octanol–water partition coefficient (Wildman–Crippen LogP) is 0.849. The summed E-state index contributed by atoms with van der Waals surface area (Å²) in [6, 6.07) is 4.92. The van der Waals surface area contributed by atoms with E-state index in [1.54, 1.807) is 18.2 Å². The van der Waals surface area contributed by atoms with Gasteiger partial charge in [0.15, 0.2) is 0 Å². The van der Waals surface area contributed by atoms with Gasteiger partial charge >= 0.3 is 0 Å². The fourth-order valence-electron chi connectivity index (χ4n) is 2.14. The number of amides is 2. The largest absolute Gasteiger partial charge is 0.409 e. The highest BCUT2D eigenvalue weighted by Crippen LogP contribution is 2.25. The van der Waals surface area contributed by atoms with E-state index in [0.29, 0.717) is 23.2 Å². The molecule has 1 aliphatic rings. The van der Waals surface area contributed by atoms with Crippen molar-refractivity contribution < 1.29 is 14.8 Å². The average molecular weight is 276 g/mol. The third-order valence-corrected chi connectivity index (χ3v) is 3.15. The molecule has 20 heavy (non-hydrogen) atoms. The maximum atomic E-state index is 11.9. The Kier molecular flexibility index (Phi) is 3.60. The van der Waals surface area contributed by atoms with Crippen LogP contribution < -0.4 is 11.1 Å². The molecule has 106 valence electrons. The first kappa shape index (κ1) is 13.9. The quantitative estimate of drug-likeness (QED) is 0.248. The molecule has 1 aliphatic heterocycles. The number of benzene rings is 1. The fourth-order valence-corrected chi connectivity index (χ4v) is 2.14. The third-order valence-electron chi connectivity index (χ3n) is 3.15. The van der Waals surface area contributed by atoms with Crippen molar-refractivity contribution >= 4 is 23.3 Å². The summed E-state index contributed by atoms with van der Waals surface area (Å²) in [5.74, 6) is -0.476. The van der Waals surface area contributed by atoms with Crippen LogP contribution in [0.3, 0.4) is 0 Å². The van der Waals surface area contributed by atoms with Crippen LogP contribution in [0.5, 0.6) is 0 Å². The van der Waals surface area contributed by atoms with E-state index < -0.39 is 0 Å². The number of imide groups is 1. The number of amidine groups is 1. The molecule has 1 heterocycles. The predicted molar refractivity (Wildman–Crippen MR) is 74.0 cm³/mol. The molecule has 0 bridgehead atoms. The SMILES string of the molecule is CC(CC(N)=NO)Nc1ccc2c(c1)C(=O)N(C)C2=O. The molecule has 0 aromatic heterocycles. The number of nitrogens with two attached hydrogens (primary N) is 1. The van der Waals surface area contributed by atoms with Gasteiger partial charge < -0.3 is 16.3 Å². The van der Waals surface area contributed by atoms with Gasteiger partial charge in [0.2, 0.25) is 0 Å². The van der Waals surface area contributed by atoms with Gasteiger partial charge in [-0.05, 0) is 25.1 Å². The summed E-state index contributed by atoms with van der Waals surface area (Å²) >= 11 is 0. The van der Waals surface area contributed by atoms with E-state index in [2.05, 4.69) is 10.5 Å². The minimum atomic E-state index is -0.308. The van der Waals surface area contributed by atoms with Crippen molar-refractivity contribution in [3.05, 3.63) is 29.3 Å². The molecule has 0 fully saturated rings. The number of hydrogen-bond donors (Lipinski definition) is 3. The van der Waals surface area contributed by atoms with Crippen LogP contribution in [-0.2, 0) is 0 Å². The Morgan fingerprint density at radius 3 is 2.70 bits per heavy atom. The highest BCUT2D eigenvalue weighted by atomic mass is 16.4. The van der Waals surface area contributed by atoms with Crippen LogP contribution in [0.15, 0.2) is 23.4 Å². The number of nitrogens with zero attached hydrogens (tertiary/aromatic N) is 2. The number of oxime groups is 1. The minimum absolute atomic E-state index is 0.0751. The van der Waals surface area contributed by atoms with Crippen molar-refractivity contribution in [1.82, 2.24) is 4.90 Å². The zero-order valence-electron chi connectivity index (χ0n) is 11.3. The van der Waals surface area contributed by atoms with Crippen molar-refractivity contribution in [3.8, 4) is 0 Å². The second-order valence-electron chi connectivity index (χ2n) is 4.77. The van der Waals surface area contributed by atoms with E-state index in [1.165, 1.54) is 7.05 Å². The Balaban J connectivity index is 2.17. The smallest absolute Gasteiger partial charge is 0.261 e. The standard InChI is InChI=1S/C13H16N4O3/c1-7(5-11(14)16-20)15-8-3-4-9-10(6-8)13(19)17(2)12(9)18/h3-4,6-7,15,20H,5H2,1-2H3,(H2,14,16). The molecular weight excluding hydrogens is 260 g/mol. The molecule has 1 atom stereocenters. The molecular formula is C13H16N4O3. The first-order chi connectivity index (χ1) is 9.43. The molecule has 0 saturated carbocycles. The highest BCUT2D eigenvalue weighted by Gasteiger charge is 2.32. The number of rotatable bonds is 4. The normalized spacial score (nSPS) is 16.3. The number of anilines is 1. The molecule has 1 aromatic carbocycles. The summed E-state index contributed by atoms with van der Waals surface area (Å²) < 4.78 is 0. The molecule has 7 nitrogen and oxygen atoms in total.